The number of aromatic nitrogens is 1. The molecule has 0 aliphatic heterocycles. The largest absolute Gasteiger partial charge is 0.381 e. The summed E-state index contributed by atoms with van der Waals surface area (Å²) in [6.45, 7) is 0.732. The first kappa shape index (κ1) is 13.8. The second-order valence-electron chi connectivity index (χ2n) is 4.49. The summed E-state index contributed by atoms with van der Waals surface area (Å²) in [6, 6.07) is 11.7. The Labute approximate surface area is 135 Å². The number of hydrogen-bond donors (Lipinski definition) is 2. The van der Waals surface area contributed by atoms with E-state index in [0.717, 1.165) is 27.2 Å². The van der Waals surface area contributed by atoms with E-state index in [0.29, 0.717) is 5.02 Å². The third kappa shape index (κ3) is 2.80. The van der Waals surface area contributed by atoms with Crippen molar-refractivity contribution in [2.45, 2.75) is 6.54 Å². The van der Waals surface area contributed by atoms with Crippen molar-refractivity contribution >= 4 is 55.7 Å². The first-order valence-corrected chi connectivity index (χ1v) is 7.63. The first-order chi connectivity index (χ1) is 9.63. The quantitative estimate of drug-likeness (QED) is 0.595. The van der Waals surface area contributed by atoms with Crippen LogP contribution in [-0.2, 0) is 6.54 Å². The number of aromatic amines is 1. The maximum absolute atomic E-state index is 5.98. The Morgan fingerprint density at radius 3 is 2.75 bits per heavy atom. The fourth-order valence-electron chi connectivity index (χ4n) is 2.11. The monoisotopic (exact) mass is 368 g/mol. The minimum absolute atomic E-state index is 0.706. The summed E-state index contributed by atoms with van der Waals surface area (Å²) in [5, 5.41) is 6.00. The van der Waals surface area contributed by atoms with Crippen LogP contribution in [0.2, 0.25) is 10.0 Å². The lowest BCUT2D eigenvalue weighted by atomic mass is 10.2. The summed E-state index contributed by atoms with van der Waals surface area (Å²) in [4.78, 5) is 3.23. The summed E-state index contributed by atoms with van der Waals surface area (Å²) in [7, 11) is 0. The summed E-state index contributed by atoms with van der Waals surface area (Å²) in [5.74, 6) is 0. The van der Waals surface area contributed by atoms with Crippen molar-refractivity contribution in [3.63, 3.8) is 0 Å². The van der Waals surface area contributed by atoms with Crippen LogP contribution < -0.4 is 5.32 Å². The Hall–Kier alpha value is -1.16. The highest BCUT2D eigenvalue weighted by atomic mass is 79.9. The molecule has 0 aliphatic carbocycles. The van der Waals surface area contributed by atoms with E-state index in [9.17, 15) is 0 Å². The van der Waals surface area contributed by atoms with Crippen molar-refractivity contribution in [2.75, 3.05) is 5.32 Å². The predicted molar refractivity (Wildman–Crippen MR) is 89.8 cm³/mol. The van der Waals surface area contributed by atoms with Gasteiger partial charge in [-0.05, 0) is 51.8 Å². The van der Waals surface area contributed by atoms with Gasteiger partial charge in [0, 0.05) is 38.8 Å². The molecule has 0 atom stereocenters. The fourth-order valence-corrected chi connectivity index (χ4v) is 2.78. The standard InChI is InChI=1S/C15H11BrCl2N2/c16-13-6-11(2-4-14(13)18)19-7-9-8-20-15-5-10(17)1-3-12(9)15/h1-6,8,19-20H,7H2. The van der Waals surface area contributed by atoms with Gasteiger partial charge in [0.15, 0.2) is 0 Å². The molecule has 2 N–H and O–H groups in total. The lowest BCUT2D eigenvalue weighted by Gasteiger charge is -2.07. The Balaban J connectivity index is 1.81. The van der Waals surface area contributed by atoms with Crippen molar-refractivity contribution < 1.29 is 0 Å². The maximum Gasteiger partial charge on any atom is 0.0549 e. The van der Waals surface area contributed by atoms with Crippen molar-refractivity contribution in [3.8, 4) is 0 Å². The molecule has 102 valence electrons. The lowest BCUT2D eigenvalue weighted by molar-refractivity contribution is 1.16. The summed E-state index contributed by atoms with van der Waals surface area (Å²) in [5.41, 5.74) is 3.26. The Morgan fingerprint density at radius 2 is 1.95 bits per heavy atom. The second kappa shape index (κ2) is 5.68. The predicted octanol–water partition coefficient (Wildman–Crippen LogP) is 5.85. The van der Waals surface area contributed by atoms with Gasteiger partial charge in [-0.3, -0.25) is 0 Å². The molecule has 20 heavy (non-hydrogen) atoms. The number of rotatable bonds is 3. The van der Waals surface area contributed by atoms with E-state index in [1.54, 1.807) is 0 Å². The molecule has 2 nitrogen and oxygen atoms in total. The van der Waals surface area contributed by atoms with Crippen molar-refractivity contribution in [1.29, 1.82) is 0 Å². The van der Waals surface area contributed by atoms with Crippen LogP contribution in [0.4, 0.5) is 5.69 Å². The molecule has 0 saturated heterocycles. The molecule has 0 fully saturated rings. The molecular formula is C15H11BrCl2N2. The third-order valence-electron chi connectivity index (χ3n) is 3.13. The van der Waals surface area contributed by atoms with E-state index in [1.165, 1.54) is 10.9 Å². The van der Waals surface area contributed by atoms with Crippen molar-refractivity contribution in [1.82, 2.24) is 4.98 Å². The number of anilines is 1. The zero-order valence-corrected chi connectivity index (χ0v) is 13.5. The smallest absolute Gasteiger partial charge is 0.0549 e. The Kier molecular flexibility index (Phi) is 3.92. The SMILES string of the molecule is Clc1ccc2c(CNc3ccc(Cl)c(Br)c3)c[nH]c2c1. The topological polar surface area (TPSA) is 27.8 Å². The van der Waals surface area contributed by atoms with Crippen molar-refractivity contribution in [3.05, 3.63) is 62.7 Å². The Bertz CT molecular complexity index is 768. The van der Waals surface area contributed by atoms with E-state index in [2.05, 4.69) is 26.2 Å². The molecule has 5 heteroatoms. The number of benzene rings is 2. The summed E-state index contributed by atoms with van der Waals surface area (Å²) < 4.78 is 0.884. The maximum atomic E-state index is 5.98. The van der Waals surface area contributed by atoms with Gasteiger partial charge in [0.2, 0.25) is 0 Å². The van der Waals surface area contributed by atoms with Crippen LogP contribution in [0.25, 0.3) is 10.9 Å². The first-order valence-electron chi connectivity index (χ1n) is 6.08. The van der Waals surface area contributed by atoms with Crippen LogP contribution in [0.3, 0.4) is 0 Å². The van der Waals surface area contributed by atoms with Gasteiger partial charge in [-0.1, -0.05) is 29.3 Å². The number of nitrogens with one attached hydrogen (secondary N) is 2. The van der Waals surface area contributed by atoms with E-state index < -0.39 is 0 Å². The molecule has 0 bridgehead atoms. The van der Waals surface area contributed by atoms with Gasteiger partial charge in [-0.2, -0.15) is 0 Å². The zero-order chi connectivity index (χ0) is 14.1. The molecule has 0 spiro atoms. The molecule has 3 rings (SSSR count). The Morgan fingerprint density at radius 1 is 1.10 bits per heavy atom. The van der Waals surface area contributed by atoms with Crippen LogP contribution in [0.15, 0.2) is 47.1 Å². The molecule has 1 heterocycles. The number of halogens is 3. The van der Waals surface area contributed by atoms with E-state index in [4.69, 9.17) is 23.2 Å². The average molecular weight is 370 g/mol. The molecule has 0 unspecified atom stereocenters. The minimum Gasteiger partial charge on any atom is -0.381 e. The van der Waals surface area contributed by atoms with Crippen LogP contribution in [0.5, 0.6) is 0 Å². The number of hydrogen-bond acceptors (Lipinski definition) is 1. The van der Waals surface area contributed by atoms with Gasteiger partial charge < -0.3 is 10.3 Å². The molecule has 0 saturated carbocycles. The van der Waals surface area contributed by atoms with Crippen molar-refractivity contribution in [2.24, 2.45) is 0 Å². The van der Waals surface area contributed by atoms with Gasteiger partial charge in [0.1, 0.15) is 0 Å². The second-order valence-corrected chi connectivity index (χ2v) is 6.18. The highest BCUT2D eigenvalue weighted by Gasteiger charge is 2.05. The third-order valence-corrected chi connectivity index (χ3v) is 4.58. The average Bonchev–Trinajstić information content (AvgIpc) is 2.82. The van der Waals surface area contributed by atoms with Gasteiger partial charge in [0.25, 0.3) is 0 Å². The highest BCUT2D eigenvalue weighted by Crippen LogP contribution is 2.27. The summed E-state index contributed by atoms with van der Waals surface area (Å²) in [6.07, 6.45) is 2.00. The fraction of sp³-hybridized carbons (Fsp3) is 0.0667. The molecule has 0 amide bonds. The zero-order valence-electron chi connectivity index (χ0n) is 10.4. The number of fused-ring (bicyclic) bond motifs is 1. The van der Waals surface area contributed by atoms with Gasteiger partial charge in [-0.25, -0.2) is 0 Å². The van der Waals surface area contributed by atoms with Crippen LogP contribution in [0, 0.1) is 0 Å². The van der Waals surface area contributed by atoms with Crippen LogP contribution in [0.1, 0.15) is 5.56 Å². The minimum atomic E-state index is 0.706. The van der Waals surface area contributed by atoms with E-state index >= 15 is 0 Å². The molecular weight excluding hydrogens is 359 g/mol. The molecule has 0 aliphatic rings. The molecule has 1 aromatic heterocycles. The van der Waals surface area contributed by atoms with Crippen LogP contribution >= 0.6 is 39.1 Å². The molecule has 0 radical (unpaired) electrons. The summed E-state index contributed by atoms with van der Waals surface area (Å²) >= 11 is 15.4. The molecule has 2 aromatic carbocycles. The normalized spacial score (nSPS) is 10.9. The lowest BCUT2D eigenvalue weighted by Crippen LogP contribution is -1.98. The highest BCUT2D eigenvalue weighted by molar-refractivity contribution is 9.10. The van der Waals surface area contributed by atoms with E-state index in [-0.39, 0.29) is 0 Å². The number of H-pyrrole nitrogens is 1. The van der Waals surface area contributed by atoms with Gasteiger partial charge in [-0.15, -0.1) is 0 Å². The van der Waals surface area contributed by atoms with E-state index in [1.807, 2.05) is 42.6 Å². The van der Waals surface area contributed by atoms with Gasteiger partial charge >= 0.3 is 0 Å². The van der Waals surface area contributed by atoms with Gasteiger partial charge in [0.05, 0.1) is 5.02 Å². The van der Waals surface area contributed by atoms with Crippen LogP contribution in [-0.4, -0.2) is 4.98 Å². The molecule has 3 aromatic rings.